The van der Waals surface area contributed by atoms with E-state index in [1.54, 1.807) is 13.2 Å². The molecule has 0 aliphatic heterocycles. The SMILES string of the molecule is COc1ccc(F)cc1CNCCc1ccccc1. The number of ether oxygens (including phenoxy) is 1. The van der Waals surface area contributed by atoms with Gasteiger partial charge in [-0.3, -0.25) is 0 Å². The summed E-state index contributed by atoms with van der Waals surface area (Å²) in [4.78, 5) is 0. The third-order valence-corrected chi connectivity index (χ3v) is 2.99. The Morgan fingerprint density at radius 2 is 1.89 bits per heavy atom. The summed E-state index contributed by atoms with van der Waals surface area (Å²) in [6.45, 7) is 1.46. The Kier molecular flexibility index (Phi) is 4.93. The summed E-state index contributed by atoms with van der Waals surface area (Å²) in [5, 5.41) is 3.31. The minimum absolute atomic E-state index is 0.236. The Morgan fingerprint density at radius 1 is 1.11 bits per heavy atom. The van der Waals surface area contributed by atoms with E-state index in [0.717, 1.165) is 18.5 Å². The fourth-order valence-corrected chi connectivity index (χ4v) is 1.99. The molecule has 0 spiro atoms. The van der Waals surface area contributed by atoms with Crippen molar-refractivity contribution in [1.29, 1.82) is 0 Å². The van der Waals surface area contributed by atoms with Crippen LogP contribution in [0.5, 0.6) is 5.75 Å². The number of halogens is 1. The monoisotopic (exact) mass is 259 g/mol. The van der Waals surface area contributed by atoms with E-state index >= 15 is 0 Å². The molecule has 2 rings (SSSR count). The van der Waals surface area contributed by atoms with Gasteiger partial charge in [0.15, 0.2) is 0 Å². The van der Waals surface area contributed by atoms with Crippen LogP contribution in [0.15, 0.2) is 48.5 Å². The molecule has 100 valence electrons. The molecule has 0 atom stereocenters. The van der Waals surface area contributed by atoms with Crippen LogP contribution in [0.2, 0.25) is 0 Å². The molecule has 19 heavy (non-hydrogen) atoms. The maximum Gasteiger partial charge on any atom is 0.123 e. The first-order valence-corrected chi connectivity index (χ1v) is 6.36. The summed E-state index contributed by atoms with van der Waals surface area (Å²) in [6, 6.07) is 14.9. The van der Waals surface area contributed by atoms with Crippen LogP contribution < -0.4 is 10.1 Å². The van der Waals surface area contributed by atoms with Gasteiger partial charge in [-0.15, -0.1) is 0 Å². The average molecular weight is 259 g/mol. The van der Waals surface area contributed by atoms with E-state index in [-0.39, 0.29) is 5.82 Å². The maximum absolute atomic E-state index is 13.2. The summed E-state index contributed by atoms with van der Waals surface area (Å²) in [5.41, 5.74) is 2.14. The van der Waals surface area contributed by atoms with Gasteiger partial charge in [0.05, 0.1) is 7.11 Å². The van der Waals surface area contributed by atoms with Crippen molar-refractivity contribution >= 4 is 0 Å². The van der Waals surface area contributed by atoms with E-state index in [1.165, 1.54) is 17.7 Å². The van der Waals surface area contributed by atoms with Crippen molar-refractivity contribution in [2.45, 2.75) is 13.0 Å². The van der Waals surface area contributed by atoms with Gasteiger partial charge in [-0.05, 0) is 36.7 Å². The number of hydrogen-bond donors (Lipinski definition) is 1. The lowest BCUT2D eigenvalue weighted by Gasteiger charge is -2.09. The molecule has 0 aliphatic rings. The van der Waals surface area contributed by atoms with Gasteiger partial charge < -0.3 is 10.1 Å². The molecule has 1 N–H and O–H groups in total. The predicted molar refractivity (Wildman–Crippen MR) is 74.8 cm³/mol. The number of hydrogen-bond acceptors (Lipinski definition) is 2. The van der Waals surface area contributed by atoms with Crippen molar-refractivity contribution in [3.05, 3.63) is 65.5 Å². The molecule has 0 heterocycles. The molecule has 3 heteroatoms. The number of methoxy groups -OCH3 is 1. The molecular weight excluding hydrogens is 241 g/mol. The minimum Gasteiger partial charge on any atom is -0.496 e. The van der Waals surface area contributed by atoms with E-state index in [0.29, 0.717) is 12.3 Å². The molecule has 0 aliphatic carbocycles. The second-order valence-electron chi connectivity index (χ2n) is 4.37. The van der Waals surface area contributed by atoms with Crippen molar-refractivity contribution in [3.8, 4) is 5.75 Å². The van der Waals surface area contributed by atoms with Crippen LogP contribution in [0.25, 0.3) is 0 Å². The van der Waals surface area contributed by atoms with E-state index in [1.807, 2.05) is 18.2 Å². The number of rotatable bonds is 6. The molecular formula is C16H18FNO. The van der Waals surface area contributed by atoms with Crippen LogP contribution >= 0.6 is 0 Å². The second kappa shape index (κ2) is 6.90. The molecule has 2 nitrogen and oxygen atoms in total. The smallest absolute Gasteiger partial charge is 0.123 e. The highest BCUT2D eigenvalue weighted by molar-refractivity contribution is 5.33. The highest BCUT2D eigenvalue weighted by Gasteiger charge is 2.03. The van der Waals surface area contributed by atoms with Crippen molar-refractivity contribution < 1.29 is 9.13 Å². The lowest BCUT2D eigenvalue weighted by molar-refractivity contribution is 0.406. The zero-order valence-electron chi connectivity index (χ0n) is 11.0. The second-order valence-corrected chi connectivity index (χ2v) is 4.37. The fourth-order valence-electron chi connectivity index (χ4n) is 1.99. The quantitative estimate of drug-likeness (QED) is 0.805. The summed E-state index contributed by atoms with van der Waals surface area (Å²) in [7, 11) is 1.60. The normalized spacial score (nSPS) is 10.4. The van der Waals surface area contributed by atoms with Gasteiger partial charge in [0, 0.05) is 12.1 Å². The van der Waals surface area contributed by atoms with Gasteiger partial charge in [-0.1, -0.05) is 30.3 Å². The van der Waals surface area contributed by atoms with E-state index in [4.69, 9.17) is 4.74 Å². The molecule has 0 saturated carbocycles. The molecule has 2 aromatic rings. The first-order valence-electron chi connectivity index (χ1n) is 6.36. The molecule has 0 fully saturated rings. The van der Waals surface area contributed by atoms with E-state index < -0.39 is 0 Å². The Hall–Kier alpha value is -1.87. The largest absolute Gasteiger partial charge is 0.496 e. The van der Waals surface area contributed by atoms with Crippen LogP contribution in [0.1, 0.15) is 11.1 Å². The van der Waals surface area contributed by atoms with E-state index in [2.05, 4.69) is 17.4 Å². The van der Waals surface area contributed by atoms with Crippen LogP contribution in [0, 0.1) is 5.82 Å². The molecule has 0 amide bonds. The Balaban J connectivity index is 1.84. The lowest BCUT2D eigenvalue weighted by Crippen LogP contribution is -2.17. The Labute approximate surface area is 113 Å². The first kappa shape index (κ1) is 13.6. The molecule has 0 aromatic heterocycles. The lowest BCUT2D eigenvalue weighted by atomic mass is 10.1. The van der Waals surface area contributed by atoms with E-state index in [9.17, 15) is 4.39 Å². The third-order valence-electron chi connectivity index (χ3n) is 2.99. The Bertz CT molecular complexity index is 513. The highest BCUT2D eigenvalue weighted by atomic mass is 19.1. The Morgan fingerprint density at radius 3 is 2.63 bits per heavy atom. The van der Waals surface area contributed by atoms with Gasteiger partial charge >= 0.3 is 0 Å². The minimum atomic E-state index is -0.236. The van der Waals surface area contributed by atoms with Gasteiger partial charge in [0.2, 0.25) is 0 Å². The van der Waals surface area contributed by atoms with Gasteiger partial charge in [-0.25, -0.2) is 4.39 Å². The zero-order valence-corrected chi connectivity index (χ0v) is 11.0. The van der Waals surface area contributed by atoms with Crippen LogP contribution in [0.3, 0.4) is 0 Å². The van der Waals surface area contributed by atoms with Crippen LogP contribution in [0.4, 0.5) is 4.39 Å². The van der Waals surface area contributed by atoms with Crippen molar-refractivity contribution in [2.75, 3.05) is 13.7 Å². The summed E-state index contributed by atoms with van der Waals surface area (Å²) in [6.07, 6.45) is 0.957. The standard InChI is InChI=1S/C16H18FNO/c1-19-16-8-7-15(17)11-14(16)12-18-10-9-13-5-3-2-4-6-13/h2-8,11,18H,9-10,12H2,1H3. The summed E-state index contributed by atoms with van der Waals surface area (Å²) < 4.78 is 18.4. The van der Waals surface area contributed by atoms with Gasteiger partial charge in [-0.2, -0.15) is 0 Å². The molecule has 0 bridgehead atoms. The molecule has 0 unspecified atom stereocenters. The number of nitrogens with one attached hydrogen (secondary N) is 1. The van der Waals surface area contributed by atoms with Crippen LogP contribution in [-0.2, 0) is 13.0 Å². The van der Waals surface area contributed by atoms with Gasteiger partial charge in [0.25, 0.3) is 0 Å². The topological polar surface area (TPSA) is 21.3 Å². The van der Waals surface area contributed by atoms with Crippen molar-refractivity contribution in [1.82, 2.24) is 5.32 Å². The highest BCUT2D eigenvalue weighted by Crippen LogP contribution is 2.18. The maximum atomic E-state index is 13.2. The molecule has 0 radical (unpaired) electrons. The summed E-state index contributed by atoms with van der Waals surface area (Å²) >= 11 is 0. The third kappa shape index (κ3) is 4.07. The summed E-state index contributed by atoms with van der Waals surface area (Å²) in [5.74, 6) is 0.481. The average Bonchev–Trinajstić information content (AvgIpc) is 2.45. The fraction of sp³-hybridized carbons (Fsp3) is 0.250. The zero-order chi connectivity index (χ0) is 13.5. The van der Waals surface area contributed by atoms with Crippen molar-refractivity contribution in [2.24, 2.45) is 0 Å². The van der Waals surface area contributed by atoms with Crippen molar-refractivity contribution in [3.63, 3.8) is 0 Å². The predicted octanol–water partition coefficient (Wildman–Crippen LogP) is 3.17. The first-order chi connectivity index (χ1) is 9.29. The van der Waals surface area contributed by atoms with Gasteiger partial charge in [0.1, 0.15) is 11.6 Å². The molecule has 2 aromatic carbocycles. The number of benzene rings is 2. The molecule has 0 saturated heterocycles. The van der Waals surface area contributed by atoms with Crippen LogP contribution in [-0.4, -0.2) is 13.7 Å².